The maximum Gasteiger partial charge on any atom is 0.289 e. The van der Waals surface area contributed by atoms with E-state index in [1.54, 1.807) is 47.2 Å². The molecule has 2 aromatic heterocycles. The fourth-order valence-electron chi connectivity index (χ4n) is 3.70. The van der Waals surface area contributed by atoms with E-state index in [1.807, 2.05) is 0 Å². The zero-order chi connectivity index (χ0) is 21.8. The number of nitrogens with one attached hydrogen (secondary N) is 1. The summed E-state index contributed by atoms with van der Waals surface area (Å²) in [7, 11) is 1.57. The first-order valence-electron chi connectivity index (χ1n) is 10.0. The van der Waals surface area contributed by atoms with E-state index < -0.39 is 11.7 Å². The molecule has 1 saturated heterocycles. The molecular weight excluding hydrogens is 403 g/mol. The third-order valence-electron chi connectivity index (χ3n) is 5.26. The molecule has 31 heavy (non-hydrogen) atoms. The van der Waals surface area contributed by atoms with Crippen LogP contribution in [0.15, 0.2) is 53.1 Å². The summed E-state index contributed by atoms with van der Waals surface area (Å²) in [6, 6.07) is 10.7. The fourth-order valence-corrected chi connectivity index (χ4v) is 3.70. The molecule has 0 spiro atoms. The van der Waals surface area contributed by atoms with Crippen molar-refractivity contribution in [1.29, 1.82) is 0 Å². The lowest BCUT2D eigenvalue weighted by molar-refractivity contribution is 0.0651. The number of furan rings is 1. The van der Waals surface area contributed by atoms with Crippen LogP contribution in [-0.2, 0) is 11.3 Å². The second kappa shape index (κ2) is 9.13. The molecule has 0 aliphatic carbocycles. The lowest BCUT2D eigenvalue weighted by Gasteiger charge is -2.32. The lowest BCUT2D eigenvalue weighted by atomic mass is 10.0. The van der Waals surface area contributed by atoms with Crippen molar-refractivity contribution < 1.29 is 23.1 Å². The van der Waals surface area contributed by atoms with Crippen molar-refractivity contribution in [2.45, 2.75) is 25.5 Å². The van der Waals surface area contributed by atoms with Crippen molar-refractivity contribution in [1.82, 2.24) is 14.7 Å². The van der Waals surface area contributed by atoms with Gasteiger partial charge < -0.3 is 19.4 Å². The summed E-state index contributed by atoms with van der Waals surface area (Å²) in [5.41, 5.74) is 0.236. The Hall–Kier alpha value is -3.46. The van der Waals surface area contributed by atoms with Crippen LogP contribution in [0.5, 0.6) is 0 Å². The van der Waals surface area contributed by atoms with E-state index in [1.165, 1.54) is 18.2 Å². The molecule has 0 radical (unpaired) electrons. The number of rotatable bonds is 6. The number of aromatic nitrogens is 2. The standard InChI is InChI=1S/C22H23FN4O4/c1-30-14-18-5-6-19(31-18)22(29)26-11-8-17(9-12-26)27-20(7-10-24-27)25-21(28)15-3-2-4-16(23)13-15/h2-7,10,13,17H,8-9,11-12,14H2,1H3,(H,25,28). The van der Waals surface area contributed by atoms with Crippen molar-refractivity contribution in [2.75, 3.05) is 25.5 Å². The summed E-state index contributed by atoms with van der Waals surface area (Å²) in [4.78, 5) is 26.9. The number of carbonyl (C=O) groups is 2. The van der Waals surface area contributed by atoms with E-state index >= 15 is 0 Å². The maximum atomic E-state index is 13.4. The Bertz CT molecular complexity index is 1070. The fraction of sp³-hybridized carbons (Fsp3) is 0.318. The minimum atomic E-state index is -0.468. The number of piperidine rings is 1. The summed E-state index contributed by atoms with van der Waals surface area (Å²) in [5, 5.41) is 7.14. The Labute approximate surface area is 178 Å². The van der Waals surface area contributed by atoms with Crippen LogP contribution in [0.2, 0.25) is 0 Å². The molecule has 162 valence electrons. The van der Waals surface area contributed by atoms with E-state index in [-0.39, 0.29) is 17.5 Å². The number of benzene rings is 1. The molecule has 1 N–H and O–H groups in total. The highest BCUT2D eigenvalue weighted by atomic mass is 19.1. The predicted molar refractivity (Wildman–Crippen MR) is 110 cm³/mol. The molecule has 4 rings (SSSR count). The molecule has 0 bridgehead atoms. The van der Waals surface area contributed by atoms with Gasteiger partial charge in [0, 0.05) is 31.8 Å². The quantitative estimate of drug-likeness (QED) is 0.652. The van der Waals surface area contributed by atoms with Gasteiger partial charge in [0.05, 0.1) is 12.2 Å². The van der Waals surface area contributed by atoms with E-state index in [9.17, 15) is 14.0 Å². The number of likely N-dealkylation sites (tertiary alicyclic amines) is 1. The van der Waals surface area contributed by atoms with Crippen LogP contribution >= 0.6 is 0 Å². The highest BCUT2D eigenvalue weighted by molar-refractivity contribution is 6.03. The summed E-state index contributed by atoms with van der Waals surface area (Å²) in [5.74, 6) is 0.418. The number of amides is 2. The smallest absolute Gasteiger partial charge is 0.289 e. The number of anilines is 1. The number of carbonyl (C=O) groups excluding carboxylic acids is 2. The number of ether oxygens (including phenoxy) is 1. The molecule has 3 heterocycles. The summed E-state index contributed by atoms with van der Waals surface area (Å²) < 4.78 is 25.7. The van der Waals surface area contributed by atoms with Crippen LogP contribution in [0.25, 0.3) is 0 Å². The molecule has 2 amide bonds. The molecule has 9 heteroatoms. The SMILES string of the molecule is COCc1ccc(C(=O)N2CCC(n3nccc3NC(=O)c3cccc(F)c3)CC2)o1. The topological polar surface area (TPSA) is 89.6 Å². The normalized spacial score (nSPS) is 14.6. The van der Waals surface area contributed by atoms with Gasteiger partial charge in [-0.1, -0.05) is 6.07 Å². The maximum absolute atomic E-state index is 13.4. The summed E-state index contributed by atoms with van der Waals surface area (Å²) >= 11 is 0. The number of hydrogen-bond donors (Lipinski definition) is 1. The van der Waals surface area contributed by atoms with Gasteiger partial charge >= 0.3 is 0 Å². The molecule has 0 saturated carbocycles. The number of methoxy groups -OCH3 is 1. The lowest BCUT2D eigenvalue weighted by Crippen LogP contribution is -2.39. The first-order chi connectivity index (χ1) is 15.0. The zero-order valence-corrected chi connectivity index (χ0v) is 17.1. The molecule has 8 nitrogen and oxygen atoms in total. The van der Waals surface area contributed by atoms with Crippen LogP contribution in [0.3, 0.4) is 0 Å². The van der Waals surface area contributed by atoms with Gasteiger partial charge in [-0.2, -0.15) is 5.10 Å². The van der Waals surface area contributed by atoms with Crippen molar-refractivity contribution in [3.63, 3.8) is 0 Å². The molecule has 1 fully saturated rings. The largest absolute Gasteiger partial charge is 0.453 e. The zero-order valence-electron chi connectivity index (χ0n) is 17.1. The van der Waals surface area contributed by atoms with Crippen LogP contribution < -0.4 is 5.32 Å². The molecule has 3 aromatic rings. The van der Waals surface area contributed by atoms with Gasteiger partial charge in [0.1, 0.15) is 24.0 Å². The number of halogens is 1. The van der Waals surface area contributed by atoms with Crippen LogP contribution in [0.4, 0.5) is 10.2 Å². The second-order valence-electron chi connectivity index (χ2n) is 7.35. The van der Waals surface area contributed by atoms with Crippen LogP contribution in [0.1, 0.15) is 45.6 Å². The Kier molecular flexibility index (Phi) is 6.13. The highest BCUT2D eigenvalue weighted by Crippen LogP contribution is 2.27. The van der Waals surface area contributed by atoms with Crippen molar-refractivity contribution in [3.05, 3.63) is 71.6 Å². The van der Waals surface area contributed by atoms with Crippen molar-refractivity contribution in [2.24, 2.45) is 0 Å². The first-order valence-corrected chi connectivity index (χ1v) is 10.0. The van der Waals surface area contributed by atoms with Gasteiger partial charge in [0.15, 0.2) is 5.76 Å². The van der Waals surface area contributed by atoms with E-state index in [2.05, 4.69) is 10.4 Å². The van der Waals surface area contributed by atoms with Gasteiger partial charge in [-0.25, -0.2) is 9.07 Å². The number of nitrogens with zero attached hydrogens (tertiary/aromatic N) is 3. The van der Waals surface area contributed by atoms with Gasteiger partial charge in [-0.15, -0.1) is 0 Å². The monoisotopic (exact) mass is 426 g/mol. The van der Waals surface area contributed by atoms with E-state index in [0.717, 1.165) is 0 Å². The van der Waals surface area contributed by atoms with Crippen molar-refractivity contribution >= 4 is 17.6 Å². The molecule has 1 aliphatic rings. The third-order valence-corrected chi connectivity index (χ3v) is 5.26. The molecule has 0 atom stereocenters. The molecular formula is C22H23FN4O4. The summed E-state index contributed by atoms with van der Waals surface area (Å²) in [6.07, 6.45) is 2.97. The van der Waals surface area contributed by atoms with Gasteiger partial charge in [0.25, 0.3) is 11.8 Å². The average molecular weight is 426 g/mol. The molecule has 0 unspecified atom stereocenters. The summed E-state index contributed by atoms with van der Waals surface area (Å²) in [6.45, 7) is 1.40. The molecule has 1 aliphatic heterocycles. The van der Waals surface area contributed by atoms with Gasteiger partial charge in [-0.05, 0) is 43.2 Å². The predicted octanol–water partition coefficient (Wildman–Crippen LogP) is 3.49. The van der Waals surface area contributed by atoms with E-state index in [0.29, 0.717) is 49.9 Å². The minimum absolute atomic E-state index is 0.0301. The second-order valence-corrected chi connectivity index (χ2v) is 7.35. The Morgan fingerprint density at radius 3 is 2.77 bits per heavy atom. The van der Waals surface area contributed by atoms with Crippen molar-refractivity contribution in [3.8, 4) is 0 Å². The highest BCUT2D eigenvalue weighted by Gasteiger charge is 2.28. The van der Waals surface area contributed by atoms with Gasteiger partial charge in [0.2, 0.25) is 0 Å². The average Bonchev–Trinajstić information content (AvgIpc) is 3.43. The number of hydrogen-bond acceptors (Lipinski definition) is 5. The Morgan fingerprint density at radius 1 is 1.23 bits per heavy atom. The Balaban J connectivity index is 1.38. The third kappa shape index (κ3) is 4.66. The van der Waals surface area contributed by atoms with Crippen LogP contribution in [-0.4, -0.2) is 46.7 Å². The Morgan fingerprint density at radius 2 is 2.03 bits per heavy atom. The van der Waals surface area contributed by atoms with Crippen LogP contribution in [0, 0.1) is 5.82 Å². The minimum Gasteiger partial charge on any atom is -0.453 e. The van der Waals surface area contributed by atoms with E-state index in [4.69, 9.17) is 9.15 Å². The van der Waals surface area contributed by atoms with Gasteiger partial charge in [-0.3, -0.25) is 9.59 Å². The molecule has 1 aromatic carbocycles. The first kappa shape index (κ1) is 20.8.